The number of hydrogen-bond donors (Lipinski definition) is 1. The van der Waals surface area contributed by atoms with Gasteiger partial charge in [0, 0.05) is 47.9 Å². The molecule has 4 aromatic rings. The quantitative estimate of drug-likeness (QED) is 0.226. The van der Waals surface area contributed by atoms with Gasteiger partial charge in [0.2, 0.25) is 11.8 Å². The second-order valence-electron chi connectivity index (χ2n) is 9.99. The third-order valence-corrected chi connectivity index (χ3v) is 7.84. The van der Waals surface area contributed by atoms with E-state index in [2.05, 4.69) is 21.2 Å². The highest BCUT2D eigenvalue weighted by atomic mass is 79.9. The molecule has 4 aromatic carbocycles. The van der Waals surface area contributed by atoms with Crippen molar-refractivity contribution < 1.29 is 14.4 Å². The fraction of sp³-hybridized carbons (Fsp3) is 0.242. The van der Waals surface area contributed by atoms with E-state index in [1.807, 2.05) is 97.9 Å². The van der Waals surface area contributed by atoms with Gasteiger partial charge >= 0.3 is 0 Å². The molecule has 5 rings (SSSR count). The van der Waals surface area contributed by atoms with E-state index in [4.69, 9.17) is 0 Å². The van der Waals surface area contributed by atoms with Crippen LogP contribution < -0.4 is 10.2 Å². The van der Waals surface area contributed by atoms with E-state index < -0.39 is 6.04 Å². The summed E-state index contributed by atoms with van der Waals surface area (Å²) in [4.78, 5) is 43.9. The van der Waals surface area contributed by atoms with Crippen molar-refractivity contribution in [2.24, 2.45) is 0 Å². The molecule has 7 heteroatoms. The van der Waals surface area contributed by atoms with Gasteiger partial charge < -0.3 is 15.1 Å². The SMILES string of the molecule is CCNC(=O)C(Cc1ccccc1)N(Cc1ccc(Br)cc1)C(=O)CCCN1C(=O)c2cccc3cccc1c23. The van der Waals surface area contributed by atoms with Gasteiger partial charge in [0.05, 0.1) is 5.69 Å². The van der Waals surface area contributed by atoms with E-state index >= 15 is 0 Å². The number of likely N-dealkylation sites (N-methyl/N-ethyl adjacent to an activating group) is 1. The van der Waals surface area contributed by atoms with Crippen molar-refractivity contribution in [1.82, 2.24) is 10.2 Å². The van der Waals surface area contributed by atoms with Crippen molar-refractivity contribution in [2.45, 2.75) is 38.8 Å². The van der Waals surface area contributed by atoms with Crippen LogP contribution in [0.4, 0.5) is 5.69 Å². The number of anilines is 1. The lowest BCUT2D eigenvalue weighted by Gasteiger charge is -2.32. The van der Waals surface area contributed by atoms with Crippen molar-refractivity contribution in [3.05, 3.63) is 112 Å². The number of rotatable bonds is 11. The molecule has 1 aliphatic heterocycles. The van der Waals surface area contributed by atoms with E-state index in [0.29, 0.717) is 38.0 Å². The molecule has 1 unspecified atom stereocenters. The lowest BCUT2D eigenvalue weighted by Crippen LogP contribution is -2.50. The summed E-state index contributed by atoms with van der Waals surface area (Å²) >= 11 is 3.47. The first-order valence-electron chi connectivity index (χ1n) is 13.7. The summed E-state index contributed by atoms with van der Waals surface area (Å²) in [5.41, 5.74) is 3.52. The van der Waals surface area contributed by atoms with Gasteiger partial charge in [-0.05, 0) is 54.1 Å². The minimum Gasteiger partial charge on any atom is -0.355 e. The fourth-order valence-electron chi connectivity index (χ4n) is 5.37. The van der Waals surface area contributed by atoms with Crippen LogP contribution in [-0.4, -0.2) is 41.8 Å². The number of carbonyl (C=O) groups is 3. The van der Waals surface area contributed by atoms with Crippen LogP contribution in [-0.2, 0) is 22.6 Å². The van der Waals surface area contributed by atoms with Crippen LogP contribution in [0.15, 0.2) is 95.5 Å². The number of nitrogens with zero attached hydrogens (tertiary/aromatic N) is 2. The minimum absolute atomic E-state index is 0.0322. The first-order valence-corrected chi connectivity index (χ1v) is 14.4. The van der Waals surface area contributed by atoms with Crippen LogP contribution in [0, 0.1) is 0 Å². The number of carbonyl (C=O) groups excluding carboxylic acids is 3. The molecule has 40 heavy (non-hydrogen) atoms. The van der Waals surface area contributed by atoms with Gasteiger partial charge in [-0.2, -0.15) is 0 Å². The van der Waals surface area contributed by atoms with Crippen molar-refractivity contribution in [3.8, 4) is 0 Å². The van der Waals surface area contributed by atoms with Crippen LogP contribution in [0.25, 0.3) is 10.8 Å². The Labute approximate surface area is 243 Å². The predicted molar refractivity (Wildman–Crippen MR) is 162 cm³/mol. The molecule has 0 aliphatic carbocycles. The van der Waals surface area contributed by atoms with E-state index in [-0.39, 0.29) is 24.1 Å². The molecule has 0 spiro atoms. The monoisotopic (exact) mass is 597 g/mol. The maximum atomic E-state index is 13.9. The predicted octanol–water partition coefficient (Wildman–Crippen LogP) is 6.12. The van der Waals surface area contributed by atoms with Gasteiger partial charge in [0.15, 0.2) is 0 Å². The molecular weight excluding hydrogens is 566 g/mol. The van der Waals surface area contributed by atoms with E-state index in [1.54, 1.807) is 9.80 Å². The van der Waals surface area contributed by atoms with Crippen LogP contribution in [0.2, 0.25) is 0 Å². The third kappa shape index (κ3) is 5.94. The van der Waals surface area contributed by atoms with Gasteiger partial charge in [-0.15, -0.1) is 0 Å². The topological polar surface area (TPSA) is 69.7 Å². The number of benzene rings is 4. The summed E-state index contributed by atoms with van der Waals surface area (Å²) in [6, 6.07) is 28.6. The zero-order chi connectivity index (χ0) is 28.1. The summed E-state index contributed by atoms with van der Waals surface area (Å²) < 4.78 is 0.949. The number of halogens is 1. The molecule has 0 saturated carbocycles. The molecule has 0 radical (unpaired) electrons. The molecule has 0 saturated heterocycles. The van der Waals surface area contributed by atoms with Gasteiger partial charge in [0.1, 0.15) is 6.04 Å². The molecule has 0 fully saturated rings. The summed E-state index contributed by atoms with van der Waals surface area (Å²) in [5, 5.41) is 4.94. The lowest BCUT2D eigenvalue weighted by atomic mass is 10.0. The number of hydrogen-bond acceptors (Lipinski definition) is 3. The molecule has 0 bridgehead atoms. The smallest absolute Gasteiger partial charge is 0.258 e. The van der Waals surface area contributed by atoms with E-state index in [9.17, 15) is 14.4 Å². The molecule has 1 aliphatic rings. The molecular formula is C33H32BrN3O3. The van der Waals surface area contributed by atoms with Gasteiger partial charge in [-0.3, -0.25) is 14.4 Å². The third-order valence-electron chi connectivity index (χ3n) is 7.31. The molecule has 1 heterocycles. The van der Waals surface area contributed by atoms with E-state index in [0.717, 1.165) is 32.1 Å². The Hall–Kier alpha value is -3.97. The Morgan fingerprint density at radius 3 is 2.35 bits per heavy atom. The minimum atomic E-state index is -0.662. The molecule has 6 nitrogen and oxygen atoms in total. The van der Waals surface area contributed by atoms with Crippen molar-refractivity contribution >= 4 is 50.1 Å². The van der Waals surface area contributed by atoms with Crippen molar-refractivity contribution in [2.75, 3.05) is 18.0 Å². The maximum Gasteiger partial charge on any atom is 0.258 e. The Morgan fingerprint density at radius 2 is 1.62 bits per heavy atom. The highest BCUT2D eigenvalue weighted by Crippen LogP contribution is 2.37. The summed E-state index contributed by atoms with van der Waals surface area (Å²) in [6.45, 7) is 3.10. The average Bonchev–Trinajstić information content (AvgIpc) is 3.24. The zero-order valence-corrected chi connectivity index (χ0v) is 24.1. The summed E-state index contributed by atoms with van der Waals surface area (Å²) in [5.74, 6) is -0.318. The molecule has 0 aromatic heterocycles. The van der Waals surface area contributed by atoms with Crippen LogP contribution in [0.3, 0.4) is 0 Å². The Balaban J connectivity index is 1.36. The standard InChI is InChI=1S/C33H32BrN3O3/c1-2-35-32(39)29(21-23-9-4-3-5-10-23)37(22-24-16-18-26(34)19-17-24)30(38)15-8-20-36-28-14-7-12-25-11-6-13-27(31(25)28)33(36)40/h3-7,9-14,16-19,29H,2,8,15,20-22H2,1H3,(H,35,39). The largest absolute Gasteiger partial charge is 0.355 e. The Bertz CT molecular complexity index is 1520. The Kier molecular flexibility index (Phi) is 8.60. The molecule has 204 valence electrons. The number of amides is 3. The highest BCUT2D eigenvalue weighted by molar-refractivity contribution is 9.10. The van der Waals surface area contributed by atoms with Crippen molar-refractivity contribution in [1.29, 1.82) is 0 Å². The van der Waals surface area contributed by atoms with Crippen LogP contribution >= 0.6 is 15.9 Å². The molecule has 3 amide bonds. The first kappa shape index (κ1) is 27.6. The van der Waals surface area contributed by atoms with Gasteiger partial charge in [-0.25, -0.2) is 0 Å². The summed E-state index contributed by atoms with van der Waals surface area (Å²) in [6.07, 6.45) is 1.12. The first-order chi connectivity index (χ1) is 19.5. The average molecular weight is 599 g/mol. The van der Waals surface area contributed by atoms with E-state index in [1.165, 1.54) is 0 Å². The molecule has 1 atom stereocenters. The van der Waals surface area contributed by atoms with Gasteiger partial charge in [-0.1, -0.05) is 82.7 Å². The highest BCUT2D eigenvalue weighted by Gasteiger charge is 2.32. The zero-order valence-electron chi connectivity index (χ0n) is 22.5. The number of nitrogens with one attached hydrogen (secondary N) is 1. The Morgan fingerprint density at radius 1 is 0.900 bits per heavy atom. The second-order valence-corrected chi connectivity index (χ2v) is 10.9. The van der Waals surface area contributed by atoms with Crippen LogP contribution in [0.1, 0.15) is 41.3 Å². The van der Waals surface area contributed by atoms with Gasteiger partial charge in [0.25, 0.3) is 5.91 Å². The fourth-order valence-corrected chi connectivity index (χ4v) is 5.63. The van der Waals surface area contributed by atoms with Crippen molar-refractivity contribution in [3.63, 3.8) is 0 Å². The summed E-state index contributed by atoms with van der Waals surface area (Å²) in [7, 11) is 0. The van der Waals surface area contributed by atoms with Crippen LogP contribution in [0.5, 0.6) is 0 Å². The molecule has 1 N–H and O–H groups in total. The lowest BCUT2D eigenvalue weighted by molar-refractivity contribution is -0.141. The maximum absolute atomic E-state index is 13.9. The normalized spacial score (nSPS) is 12.9. The second kappa shape index (κ2) is 12.5.